The van der Waals surface area contributed by atoms with E-state index < -0.39 is 5.97 Å². The van der Waals surface area contributed by atoms with Gasteiger partial charge in [-0.15, -0.1) is 0 Å². The van der Waals surface area contributed by atoms with Crippen molar-refractivity contribution in [2.45, 2.75) is 20.8 Å². The number of rotatable bonds is 5. The van der Waals surface area contributed by atoms with Crippen molar-refractivity contribution in [2.24, 2.45) is 5.73 Å². The Labute approximate surface area is 95.6 Å². The van der Waals surface area contributed by atoms with Crippen molar-refractivity contribution >= 4 is 5.97 Å². The molecule has 3 nitrogen and oxygen atoms in total. The van der Waals surface area contributed by atoms with Crippen molar-refractivity contribution in [3.8, 4) is 0 Å². The first-order chi connectivity index (χ1) is 6.61. The fourth-order valence-corrected chi connectivity index (χ4v) is 2.06. The maximum atomic E-state index is 11.1. The number of halogens is 1. The second-order valence-corrected chi connectivity index (χ2v) is 5.62. The Kier molecular flexibility index (Phi) is 7.55. The van der Waals surface area contributed by atoms with Gasteiger partial charge in [0.1, 0.15) is 0 Å². The van der Waals surface area contributed by atoms with Crippen LogP contribution in [0.25, 0.3) is 0 Å². The maximum absolute atomic E-state index is 11.1. The van der Waals surface area contributed by atoms with Crippen LogP contribution in [-0.2, 0) is 9.53 Å². The molecule has 0 aromatic heterocycles. The molecule has 0 spiro atoms. The van der Waals surface area contributed by atoms with Gasteiger partial charge < -0.3 is 0 Å². The summed E-state index contributed by atoms with van der Waals surface area (Å²) in [4.78, 5) is 11.1. The van der Waals surface area contributed by atoms with Gasteiger partial charge in [-0.25, -0.2) is 0 Å². The number of allylic oxidation sites excluding steroid dienone is 2. The molecule has 0 heterocycles. The number of nitrogens with two attached hydrogens (primary N) is 1. The molecule has 0 radical (unpaired) electrons. The van der Waals surface area contributed by atoms with E-state index in [0.29, 0.717) is 6.61 Å². The fourth-order valence-electron chi connectivity index (χ4n) is 0.749. The Morgan fingerprint density at radius 2 is 2.14 bits per heavy atom. The zero-order valence-electron chi connectivity index (χ0n) is 8.84. The van der Waals surface area contributed by atoms with E-state index in [-0.39, 0.29) is 26.9 Å². The molecular weight excluding hydrogens is 293 g/mol. The average Bonchev–Trinajstić information content (AvgIpc) is 2.15. The first-order valence-corrected chi connectivity index (χ1v) is 7.27. The summed E-state index contributed by atoms with van der Waals surface area (Å²) in [6.45, 7) is 6.21. The van der Waals surface area contributed by atoms with E-state index in [1.54, 1.807) is 13.0 Å². The molecule has 14 heavy (non-hydrogen) atoms. The zero-order valence-corrected chi connectivity index (χ0v) is 11.0. The van der Waals surface area contributed by atoms with E-state index in [4.69, 9.17) is 10.5 Å². The predicted octanol–water partition coefficient (Wildman–Crippen LogP) is -1.60. The van der Waals surface area contributed by atoms with Gasteiger partial charge in [0.25, 0.3) is 0 Å². The van der Waals surface area contributed by atoms with Gasteiger partial charge in [-0.1, -0.05) is 0 Å². The molecule has 0 fully saturated rings. The molecule has 0 saturated carbocycles. The summed E-state index contributed by atoms with van der Waals surface area (Å²) < 4.78 is 8.11. The molecule has 2 N–H and O–H groups in total. The molecule has 0 aliphatic heterocycles. The van der Waals surface area contributed by atoms with E-state index in [1.165, 1.54) is 4.43 Å². The Balaban J connectivity index is 4.27. The molecule has 0 aromatic carbocycles. The minimum absolute atomic E-state index is 0.113. The molecule has 0 saturated heterocycles. The van der Waals surface area contributed by atoms with E-state index in [9.17, 15) is 4.79 Å². The zero-order chi connectivity index (χ0) is 11.0. The summed E-state index contributed by atoms with van der Waals surface area (Å²) in [5.41, 5.74) is 6.76. The SMILES string of the molecule is CCOC(=O)/C(N)=C/C(C)=C\[I-]CC. The molecule has 0 aliphatic carbocycles. The van der Waals surface area contributed by atoms with Crippen LogP contribution in [-0.4, -0.2) is 17.0 Å². The van der Waals surface area contributed by atoms with Gasteiger partial charge in [0.05, 0.1) is 0 Å². The number of hydrogen-bond donors (Lipinski definition) is 1. The standard InChI is InChI=1S/C10H17INO2/c1-4-11-7-8(3)6-9(12)10(13)14-5-2/h6-7H,4-5,12H2,1-3H3/q-1/b8-7-,9-6-. The number of esters is 1. The Morgan fingerprint density at radius 1 is 1.50 bits per heavy atom. The van der Waals surface area contributed by atoms with Gasteiger partial charge in [-0.3, -0.25) is 0 Å². The third kappa shape index (κ3) is 6.01. The van der Waals surface area contributed by atoms with E-state index in [0.717, 1.165) is 5.57 Å². The first-order valence-electron chi connectivity index (χ1n) is 4.50. The van der Waals surface area contributed by atoms with Crippen LogP contribution in [0.1, 0.15) is 20.8 Å². The quantitative estimate of drug-likeness (QED) is 0.219. The van der Waals surface area contributed by atoms with Gasteiger partial charge in [-0.05, 0) is 0 Å². The van der Waals surface area contributed by atoms with Crippen molar-refractivity contribution in [1.82, 2.24) is 0 Å². The van der Waals surface area contributed by atoms with Gasteiger partial charge >= 0.3 is 95.7 Å². The molecule has 0 unspecified atom stereocenters. The van der Waals surface area contributed by atoms with Crippen molar-refractivity contribution in [3.05, 3.63) is 21.4 Å². The van der Waals surface area contributed by atoms with Gasteiger partial charge in [-0.2, -0.15) is 0 Å². The van der Waals surface area contributed by atoms with Crippen molar-refractivity contribution < 1.29 is 30.7 Å². The Hall–Kier alpha value is -0.520. The molecule has 0 bridgehead atoms. The molecule has 82 valence electrons. The second-order valence-electron chi connectivity index (χ2n) is 2.59. The van der Waals surface area contributed by atoms with Crippen molar-refractivity contribution in [3.63, 3.8) is 0 Å². The minimum atomic E-state index is -0.435. The van der Waals surface area contributed by atoms with Crippen LogP contribution in [0.2, 0.25) is 0 Å². The summed E-state index contributed by atoms with van der Waals surface area (Å²) in [6.07, 6.45) is 1.67. The molecular formula is C10H17INO2-. The van der Waals surface area contributed by atoms with Crippen LogP contribution >= 0.6 is 0 Å². The summed E-state index contributed by atoms with van der Waals surface area (Å²) in [5.74, 6) is -0.435. The van der Waals surface area contributed by atoms with Gasteiger partial charge in [0.2, 0.25) is 0 Å². The molecule has 0 rings (SSSR count). The van der Waals surface area contributed by atoms with E-state index in [2.05, 4.69) is 11.0 Å². The average molecular weight is 310 g/mol. The van der Waals surface area contributed by atoms with Crippen LogP contribution in [0, 0.1) is 0 Å². The van der Waals surface area contributed by atoms with Crippen LogP contribution in [0.15, 0.2) is 21.4 Å². The molecule has 0 aromatic rings. The third-order valence-electron chi connectivity index (χ3n) is 1.30. The Bertz CT molecular complexity index is 247. The summed E-state index contributed by atoms with van der Waals surface area (Å²) in [6, 6.07) is 0. The van der Waals surface area contributed by atoms with Crippen LogP contribution in [0.3, 0.4) is 0 Å². The summed E-state index contributed by atoms with van der Waals surface area (Å²) in [7, 11) is 0. The normalized spacial score (nSPS) is 13.1. The van der Waals surface area contributed by atoms with E-state index in [1.807, 2.05) is 6.92 Å². The predicted molar refractivity (Wildman–Crippen MR) is 53.2 cm³/mol. The number of carbonyl (C=O) groups is 1. The van der Waals surface area contributed by atoms with Gasteiger partial charge in [0, 0.05) is 0 Å². The molecule has 4 heteroatoms. The monoisotopic (exact) mass is 310 g/mol. The number of ether oxygens (including phenoxy) is 1. The van der Waals surface area contributed by atoms with E-state index >= 15 is 0 Å². The third-order valence-corrected chi connectivity index (χ3v) is 3.60. The Morgan fingerprint density at radius 3 is 2.64 bits per heavy atom. The second kappa shape index (κ2) is 7.84. The van der Waals surface area contributed by atoms with Crippen LogP contribution < -0.4 is 26.9 Å². The van der Waals surface area contributed by atoms with Crippen LogP contribution in [0.5, 0.6) is 0 Å². The molecule has 0 aliphatic rings. The molecule has 0 amide bonds. The van der Waals surface area contributed by atoms with Gasteiger partial charge in [0.15, 0.2) is 0 Å². The molecule has 0 atom stereocenters. The van der Waals surface area contributed by atoms with Crippen molar-refractivity contribution in [1.29, 1.82) is 0 Å². The van der Waals surface area contributed by atoms with Crippen LogP contribution in [0.4, 0.5) is 0 Å². The number of alkyl halides is 1. The van der Waals surface area contributed by atoms with Crippen molar-refractivity contribution in [2.75, 3.05) is 11.0 Å². The topological polar surface area (TPSA) is 52.3 Å². The summed E-state index contributed by atoms with van der Waals surface area (Å²) >= 11 is 0.113. The fraction of sp³-hybridized carbons (Fsp3) is 0.500. The summed E-state index contributed by atoms with van der Waals surface area (Å²) in [5, 5.41) is 0. The first kappa shape index (κ1) is 13.5. The number of carbonyl (C=O) groups excluding carboxylic acids is 1. The number of hydrogen-bond acceptors (Lipinski definition) is 3.